The van der Waals surface area contributed by atoms with Gasteiger partial charge in [-0.1, -0.05) is 0 Å². The molecule has 1 fully saturated rings. The predicted molar refractivity (Wildman–Crippen MR) is 114 cm³/mol. The lowest BCUT2D eigenvalue weighted by atomic mass is 10.4. The first kappa shape index (κ1) is 32.2. The monoisotopic (exact) mass is 532 g/mol. The number of hydrogen-bond acceptors (Lipinski definition) is 16. The summed E-state index contributed by atoms with van der Waals surface area (Å²) in [7, 11) is 0. The normalized spacial score (nSPS) is 23.3. The van der Waals surface area contributed by atoms with Gasteiger partial charge in [0.15, 0.2) is 6.61 Å². The summed E-state index contributed by atoms with van der Waals surface area (Å²) in [5.74, 6) is -2.53. The summed E-state index contributed by atoms with van der Waals surface area (Å²) in [6.45, 7) is -1.63. The quantitative estimate of drug-likeness (QED) is 0.193. The first-order valence-corrected chi connectivity index (χ1v) is 11.2. The number of aliphatic hydroxyl groups is 4. The van der Waals surface area contributed by atoms with Gasteiger partial charge in [0.1, 0.15) is 25.4 Å². The summed E-state index contributed by atoms with van der Waals surface area (Å²) in [5.41, 5.74) is 0. The molecular weight excluding hydrogens is 496 g/mol. The minimum Gasteiger partial charge on any atom is -0.431 e. The molecule has 0 amide bonds. The highest BCUT2D eigenvalue weighted by molar-refractivity contribution is 5.62. The van der Waals surface area contributed by atoms with Crippen molar-refractivity contribution < 1.29 is 77.4 Å². The van der Waals surface area contributed by atoms with E-state index >= 15 is 0 Å². The second-order valence-electron chi connectivity index (χ2n) is 7.03. The molecule has 0 aliphatic carbocycles. The van der Waals surface area contributed by atoms with Crippen LogP contribution in [0.25, 0.3) is 0 Å². The maximum atomic E-state index is 12.2. The lowest BCUT2D eigenvalue weighted by Crippen LogP contribution is -2.48. The molecule has 1 aliphatic rings. The summed E-state index contributed by atoms with van der Waals surface area (Å²) >= 11 is 0. The van der Waals surface area contributed by atoms with Crippen molar-refractivity contribution in [2.75, 3.05) is 99.1 Å². The van der Waals surface area contributed by atoms with Crippen LogP contribution in [0.2, 0.25) is 0 Å². The average Bonchev–Trinajstić information content (AvgIpc) is 2.87. The molecule has 0 aromatic heterocycles. The second kappa shape index (κ2) is 20.2. The van der Waals surface area contributed by atoms with E-state index < -0.39 is 63.5 Å². The van der Waals surface area contributed by atoms with Gasteiger partial charge in [-0.3, -0.25) is 0 Å². The molecule has 16 heteroatoms. The van der Waals surface area contributed by atoms with Crippen LogP contribution in [0.3, 0.4) is 0 Å². The highest BCUT2D eigenvalue weighted by Gasteiger charge is 2.43. The molecule has 36 heavy (non-hydrogen) atoms. The van der Waals surface area contributed by atoms with Gasteiger partial charge in [0.05, 0.1) is 79.3 Å². The van der Waals surface area contributed by atoms with E-state index in [0.717, 1.165) is 0 Å². The molecule has 2 unspecified atom stereocenters. The van der Waals surface area contributed by atoms with Gasteiger partial charge in [0.2, 0.25) is 0 Å². The van der Waals surface area contributed by atoms with Crippen LogP contribution >= 0.6 is 0 Å². The van der Waals surface area contributed by atoms with Crippen LogP contribution in [0.5, 0.6) is 0 Å². The van der Waals surface area contributed by atoms with Crippen molar-refractivity contribution in [1.29, 1.82) is 0 Å². The van der Waals surface area contributed by atoms with Crippen molar-refractivity contribution in [1.82, 2.24) is 0 Å². The third-order valence-corrected chi connectivity index (χ3v) is 4.00. The summed E-state index contributed by atoms with van der Waals surface area (Å²) in [4.78, 5) is 24.4. The SMILES string of the molecule is O=C(OCC(O)CO)OC1(OC(=O)OCC(O)CO)COCCOCCOCCOCCOCCO1. The van der Waals surface area contributed by atoms with Gasteiger partial charge in [0.25, 0.3) is 0 Å². The molecule has 1 saturated heterocycles. The fraction of sp³-hybridized carbons (Fsp3) is 0.900. The molecule has 1 heterocycles. The first-order chi connectivity index (χ1) is 17.4. The van der Waals surface area contributed by atoms with Crippen LogP contribution in [-0.4, -0.2) is 150 Å². The molecule has 0 bridgehead atoms. The first-order valence-electron chi connectivity index (χ1n) is 11.2. The van der Waals surface area contributed by atoms with Gasteiger partial charge in [-0.25, -0.2) is 9.59 Å². The number of carbonyl (C=O) groups excluding carboxylic acids is 2. The van der Waals surface area contributed by atoms with Crippen molar-refractivity contribution >= 4 is 12.3 Å². The highest BCUT2D eigenvalue weighted by atomic mass is 16.9. The Labute approximate surface area is 207 Å². The van der Waals surface area contributed by atoms with Crippen LogP contribution in [0, 0.1) is 0 Å². The van der Waals surface area contributed by atoms with Crippen molar-refractivity contribution in [3.05, 3.63) is 0 Å². The van der Waals surface area contributed by atoms with E-state index in [9.17, 15) is 19.8 Å². The van der Waals surface area contributed by atoms with Crippen molar-refractivity contribution in [3.63, 3.8) is 0 Å². The van der Waals surface area contributed by atoms with Crippen LogP contribution < -0.4 is 0 Å². The smallest absolute Gasteiger partial charge is 0.431 e. The molecule has 1 aliphatic heterocycles. The standard InChI is InChI=1S/C20H36O16/c21-11-16(23)13-32-18(25)35-20(36-19(26)33-14-17(24)12-22)15-31-8-7-29-4-3-27-1-2-28-5-6-30-9-10-34-20/h16-17,21-24H,1-15H2. The fourth-order valence-corrected chi connectivity index (χ4v) is 2.26. The van der Waals surface area contributed by atoms with Crippen LogP contribution in [0.1, 0.15) is 0 Å². The van der Waals surface area contributed by atoms with E-state index in [2.05, 4.69) is 9.47 Å². The molecule has 0 aromatic carbocycles. The molecule has 0 saturated carbocycles. The molecule has 16 nitrogen and oxygen atoms in total. The largest absolute Gasteiger partial charge is 0.513 e. The molecule has 212 valence electrons. The summed E-state index contributed by atoms with van der Waals surface area (Å²) < 4.78 is 51.7. The zero-order chi connectivity index (χ0) is 26.5. The van der Waals surface area contributed by atoms with Crippen LogP contribution in [0.15, 0.2) is 0 Å². The zero-order valence-corrected chi connectivity index (χ0v) is 19.9. The summed E-state index contributed by atoms with van der Waals surface area (Å²) in [5, 5.41) is 36.5. The Morgan fingerprint density at radius 3 is 1.39 bits per heavy atom. The van der Waals surface area contributed by atoms with E-state index in [0.29, 0.717) is 19.8 Å². The minimum absolute atomic E-state index is 0.0337. The third-order valence-electron chi connectivity index (χ3n) is 4.00. The Morgan fingerprint density at radius 2 is 1.00 bits per heavy atom. The molecule has 0 spiro atoms. The summed E-state index contributed by atoms with van der Waals surface area (Å²) in [6, 6.07) is 0. The van der Waals surface area contributed by atoms with Gasteiger partial charge in [0, 0.05) is 0 Å². The van der Waals surface area contributed by atoms with Crippen molar-refractivity contribution in [3.8, 4) is 0 Å². The van der Waals surface area contributed by atoms with E-state index in [4.69, 9.17) is 48.1 Å². The van der Waals surface area contributed by atoms with E-state index in [1.807, 2.05) is 0 Å². The van der Waals surface area contributed by atoms with Gasteiger partial charge >= 0.3 is 18.3 Å². The molecule has 1 rings (SSSR count). The molecule has 2 atom stereocenters. The maximum absolute atomic E-state index is 12.2. The fourth-order valence-electron chi connectivity index (χ4n) is 2.26. The number of rotatable bonds is 8. The van der Waals surface area contributed by atoms with E-state index in [1.54, 1.807) is 0 Å². The topological polar surface area (TPSA) is 207 Å². The van der Waals surface area contributed by atoms with Crippen molar-refractivity contribution in [2.45, 2.75) is 18.2 Å². The Balaban J connectivity index is 2.88. The van der Waals surface area contributed by atoms with E-state index in [1.165, 1.54) is 0 Å². The van der Waals surface area contributed by atoms with Crippen molar-refractivity contribution in [2.24, 2.45) is 0 Å². The van der Waals surface area contributed by atoms with Gasteiger partial charge in [-0.15, -0.1) is 0 Å². The van der Waals surface area contributed by atoms with Crippen LogP contribution in [-0.2, 0) is 47.4 Å². The van der Waals surface area contributed by atoms with Gasteiger partial charge < -0.3 is 67.8 Å². The lowest BCUT2D eigenvalue weighted by molar-refractivity contribution is -0.359. The maximum Gasteiger partial charge on any atom is 0.513 e. The van der Waals surface area contributed by atoms with E-state index in [-0.39, 0.29) is 46.2 Å². The third kappa shape index (κ3) is 16.0. The summed E-state index contributed by atoms with van der Waals surface area (Å²) in [6.07, 6.45) is -5.62. The molecule has 4 N–H and O–H groups in total. The number of ether oxygens (including phenoxy) is 10. The number of aliphatic hydroxyl groups excluding tert-OH is 4. The highest BCUT2D eigenvalue weighted by Crippen LogP contribution is 2.19. The Bertz CT molecular complexity index is 528. The average molecular weight is 532 g/mol. The molecule has 0 aromatic rings. The lowest BCUT2D eigenvalue weighted by Gasteiger charge is -2.31. The Hall–Kier alpha value is -1.86. The predicted octanol–water partition coefficient (Wildman–Crippen LogP) is -2.23. The number of carbonyl (C=O) groups is 2. The van der Waals surface area contributed by atoms with Gasteiger partial charge in [-0.05, 0) is 0 Å². The second-order valence-corrected chi connectivity index (χ2v) is 7.03. The zero-order valence-electron chi connectivity index (χ0n) is 19.9. The molecule has 0 radical (unpaired) electrons. The Morgan fingerprint density at radius 1 is 0.639 bits per heavy atom. The Kier molecular flexibility index (Phi) is 18.1. The molecular formula is C20H36O16. The number of hydrogen-bond donors (Lipinski definition) is 4. The minimum atomic E-state index is -2.53. The van der Waals surface area contributed by atoms with Gasteiger partial charge in [-0.2, -0.15) is 0 Å². The van der Waals surface area contributed by atoms with Crippen LogP contribution in [0.4, 0.5) is 9.59 Å².